The lowest BCUT2D eigenvalue weighted by Crippen LogP contribution is -2.39. The van der Waals surface area contributed by atoms with Crippen molar-refractivity contribution in [3.63, 3.8) is 0 Å². The molecular weight excluding hydrogens is 326 g/mol. The number of hydrogen-bond donors (Lipinski definition) is 0. The first kappa shape index (κ1) is 15.5. The number of imide groups is 1. The van der Waals surface area contributed by atoms with Crippen molar-refractivity contribution in [1.82, 2.24) is 0 Å². The van der Waals surface area contributed by atoms with Gasteiger partial charge in [0.25, 0.3) is 0 Å². The van der Waals surface area contributed by atoms with Crippen LogP contribution in [0.25, 0.3) is 11.1 Å². The monoisotopic (exact) mass is 345 g/mol. The molecular formula is C22H19NO3. The topological polar surface area (TPSA) is 46.6 Å². The van der Waals surface area contributed by atoms with Crippen LogP contribution in [0.1, 0.15) is 13.8 Å². The molecule has 0 saturated carbocycles. The van der Waals surface area contributed by atoms with Crippen LogP contribution in [0.15, 0.2) is 66.7 Å². The average Bonchev–Trinajstić information content (AvgIpc) is 3.19. The van der Waals surface area contributed by atoms with Crippen molar-refractivity contribution in [2.45, 2.75) is 25.0 Å². The van der Waals surface area contributed by atoms with Crippen molar-refractivity contribution in [1.29, 1.82) is 0 Å². The minimum atomic E-state index is -0.706. The third-order valence-electron chi connectivity index (χ3n) is 5.96. The van der Waals surface area contributed by atoms with Gasteiger partial charge in [0.05, 0.1) is 28.7 Å². The van der Waals surface area contributed by atoms with E-state index in [-0.39, 0.29) is 11.8 Å². The summed E-state index contributed by atoms with van der Waals surface area (Å²) in [5, 5.41) is 0. The largest absolute Gasteiger partial charge is 0.359 e. The molecule has 3 aliphatic heterocycles. The summed E-state index contributed by atoms with van der Waals surface area (Å²) in [6.45, 7) is 3.80. The summed E-state index contributed by atoms with van der Waals surface area (Å²) in [7, 11) is 0. The van der Waals surface area contributed by atoms with E-state index < -0.39 is 23.0 Å². The third-order valence-corrected chi connectivity index (χ3v) is 5.96. The second kappa shape index (κ2) is 4.92. The van der Waals surface area contributed by atoms with Crippen LogP contribution in [0.4, 0.5) is 5.69 Å². The molecule has 3 aliphatic rings. The quantitative estimate of drug-likeness (QED) is 0.617. The molecule has 0 radical (unpaired) electrons. The molecule has 2 saturated heterocycles. The molecule has 5 rings (SSSR count). The Kier molecular flexibility index (Phi) is 2.94. The Hall–Kier alpha value is -2.72. The molecule has 3 heterocycles. The van der Waals surface area contributed by atoms with E-state index in [4.69, 9.17) is 4.74 Å². The lowest BCUT2D eigenvalue weighted by molar-refractivity contribution is -0.128. The summed E-state index contributed by atoms with van der Waals surface area (Å²) in [4.78, 5) is 28.0. The number of ether oxygens (including phenoxy) is 1. The van der Waals surface area contributed by atoms with Gasteiger partial charge in [-0.3, -0.25) is 9.59 Å². The van der Waals surface area contributed by atoms with Gasteiger partial charge in [0.2, 0.25) is 11.8 Å². The fraction of sp³-hybridized carbons (Fsp3) is 0.273. The normalized spacial score (nSPS) is 34.6. The van der Waals surface area contributed by atoms with Crippen LogP contribution in [0.3, 0.4) is 0 Å². The van der Waals surface area contributed by atoms with Gasteiger partial charge in [0.1, 0.15) is 0 Å². The van der Waals surface area contributed by atoms with E-state index >= 15 is 0 Å². The van der Waals surface area contributed by atoms with Crippen LogP contribution in [-0.4, -0.2) is 23.0 Å². The zero-order valence-corrected chi connectivity index (χ0v) is 14.7. The fourth-order valence-electron chi connectivity index (χ4n) is 4.80. The van der Waals surface area contributed by atoms with Gasteiger partial charge in [-0.15, -0.1) is 0 Å². The molecule has 2 amide bonds. The van der Waals surface area contributed by atoms with E-state index in [1.165, 1.54) is 4.90 Å². The van der Waals surface area contributed by atoms with E-state index in [1.54, 1.807) is 0 Å². The molecule has 2 aromatic carbocycles. The number of anilines is 1. The predicted octanol–water partition coefficient (Wildman–Crippen LogP) is 3.58. The number of carbonyl (C=O) groups excluding carboxylic acids is 2. The maximum Gasteiger partial charge on any atom is 0.241 e. The molecule has 2 aromatic rings. The number of para-hydroxylation sites is 1. The van der Waals surface area contributed by atoms with E-state index in [1.807, 2.05) is 80.6 Å². The molecule has 0 unspecified atom stereocenters. The van der Waals surface area contributed by atoms with Crippen molar-refractivity contribution in [3.8, 4) is 11.1 Å². The molecule has 4 atom stereocenters. The molecule has 2 bridgehead atoms. The molecule has 4 nitrogen and oxygen atoms in total. The highest BCUT2D eigenvalue weighted by atomic mass is 16.5. The Morgan fingerprint density at radius 2 is 1.35 bits per heavy atom. The molecule has 0 spiro atoms. The van der Waals surface area contributed by atoms with Crippen molar-refractivity contribution >= 4 is 17.5 Å². The van der Waals surface area contributed by atoms with Gasteiger partial charge >= 0.3 is 0 Å². The SMILES string of the molecule is C[C@@]12C=C[C@](C)(O1)[C@H]1C(=O)N(c3ccccc3-c3ccccc3)C(=O)[C@@H]12. The summed E-state index contributed by atoms with van der Waals surface area (Å²) >= 11 is 0. The molecule has 0 N–H and O–H groups in total. The minimum absolute atomic E-state index is 0.168. The summed E-state index contributed by atoms with van der Waals surface area (Å²) in [5.74, 6) is -1.26. The van der Waals surface area contributed by atoms with Crippen LogP contribution in [0.2, 0.25) is 0 Å². The first-order chi connectivity index (χ1) is 12.4. The number of rotatable bonds is 2. The highest BCUT2D eigenvalue weighted by Gasteiger charge is 2.70. The Labute approximate surface area is 152 Å². The smallest absolute Gasteiger partial charge is 0.241 e. The molecule has 130 valence electrons. The van der Waals surface area contributed by atoms with Gasteiger partial charge in [-0.1, -0.05) is 60.7 Å². The van der Waals surface area contributed by atoms with Crippen LogP contribution in [0.5, 0.6) is 0 Å². The van der Waals surface area contributed by atoms with Crippen LogP contribution in [0, 0.1) is 11.8 Å². The van der Waals surface area contributed by atoms with E-state index in [0.29, 0.717) is 5.69 Å². The first-order valence-electron chi connectivity index (χ1n) is 8.87. The maximum atomic E-state index is 13.3. The van der Waals surface area contributed by atoms with Gasteiger partial charge in [-0.2, -0.15) is 0 Å². The van der Waals surface area contributed by atoms with Crippen molar-refractivity contribution < 1.29 is 14.3 Å². The number of carbonyl (C=O) groups is 2. The minimum Gasteiger partial charge on any atom is -0.359 e. The van der Waals surface area contributed by atoms with Crippen molar-refractivity contribution in [2.75, 3.05) is 4.90 Å². The summed E-state index contributed by atoms with van der Waals surface area (Å²) in [5.41, 5.74) is 1.10. The lowest BCUT2D eigenvalue weighted by atomic mass is 9.73. The molecule has 26 heavy (non-hydrogen) atoms. The summed E-state index contributed by atoms with van der Waals surface area (Å²) < 4.78 is 6.07. The summed E-state index contributed by atoms with van der Waals surface area (Å²) in [6, 6.07) is 17.4. The van der Waals surface area contributed by atoms with Gasteiger partial charge in [-0.25, -0.2) is 4.90 Å². The maximum absolute atomic E-state index is 13.3. The molecule has 2 fully saturated rings. The van der Waals surface area contributed by atoms with Gasteiger partial charge in [0, 0.05) is 5.56 Å². The Morgan fingerprint density at radius 3 is 1.96 bits per heavy atom. The van der Waals surface area contributed by atoms with Crippen molar-refractivity contribution in [2.24, 2.45) is 11.8 Å². The zero-order chi connectivity index (χ0) is 18.1. The number of hydrogen-bond acceptors (Lipinski definition) is 3. The number of fused-ring (bicyclic) bond motifs is 5. The number of amides is 2. The predicted molar refractivity (Wildman–Crippen MR) is 98.4 cm³/mol. The molecule has 0 aliphatic carbocycles. The van der Waals surface area contributed by atoms with E-state index in [2.05, 4.69) is 0 Å². The Bertz CT molecular complexity index is 930. The first-order valence-corrected chi connectivity index (χ1v) is 8.87. The van der Waals surface area contributed by atoms with E-state index in [9.17, 15) is 9.59 Å². The lowest BCUT2D eigenvalue weighted by Gasteiger charge is -2.26. The molecule has 4 heteroatoms. The van der Waals surface area contributed by atoms with Crippen LogP contribution in [-0.2, 0) is 14.3 Å². The van der Waals surface area contributed by atoms with Crippen LogP contribution >= 0.6 is 0 Å². The average molecular weight is 345 g/mol. The zero-order valence-electron chi connectivity index (χ0n) is 14.7. The van der Waals surface area contributed by atoms with Gasteiger partial charge in [0.15, 0.2) is 0 Å². The number of nitrogens with zero attached hydrogens (tertiary/aromatic N) is 1. The highest BCUT2D eigenvalue weighted by Crippen LogP contribution is 2.57. The summed E-state index contributed by atoms with van der Waals surface area (Å²) in [6.07, 6.45) is 3.87. The van der Waals surface area contributed by atoms with Gasteiger partial charge in [-0.05, 0) is 25.5 Å². The second-order valence-corrected chi connectivity index (χ2v) is 7.65. The Balaban J connectivity index is 1.64. The standard InChI is InChI=1S/C22H19NO3/c1-21-12-13-22(2,26-21)18-17(21)19(24)23(20(18)25)16-11-7-6-10-15(16)14-8-4-3-5-9-14/h3-13,17-18H,1-2H3/t17-,18-,21+,22+/m1/s1. The second-order valence-electron chi connectivity index (χ2n) is 7.65. The molecule has 0 aromatic heterocycles. The Morgan fingerprint density at radius 1 is 0.808 bits per heavy atom. The number of benzene rings is 2. The van der Waals surface area contributed by atoms with E-state index in [0.717, 1.165) is 11.1 Å². The third kappa shape index (κ3) is 1.82. The van der Waals surface area contributed by atoms with Crippen molar-refractivity contribution in [3.05, 3.63) is 66.7 Å². The highest BCUT2D eigenvalue weighted by molar-refractivity contribution is 6.24. The fourth-order valence-corrected chi connectivity index (χ4v) is 4.80. The van der Waals surface area contributed by atoms with Gasteiger partial charge < -0.3 is 4.74 Å². The van der Waals surface area contributed by atoms with Crippen LogP contribution < -0.4 is 4.90 Å².